The van der Waals surface area contributed by atoms with Crippen LogP contribution in [0.25, 0.3) is 0 Å². The van der Waals surface area contributed by atoms with Crippen molar-refractivity contribution in [3.63, 3.8) is 0 Å². The van der Waals surface area contributed by atoms with E-state index < -0.39 is 0 Å². The number of thioether (sulfide) groups is 1. The summed E-state index contributed by atoms with van der Waals surface area (Å²) in [4.78, 5) is 23.4. The van der Waals surface area contributed by atoms with E-state index in [2.05, 4.69) is 0 Å². The lowest BCUT2D eigenvalue weighted by atomic mass is 9.81. The third kappa shape index (κ3) is 4.28. The fourth-order valence-corrected chi connectivity index (χ4v) is 3.05. The van der Waals surface area contributed by atoms with Gasteiger partial charge in [0.15, 0.2) is 5.12 Å². The molecule has 1 fully saturated rings. The third-order valence-electron chi connectivity index (χ3n) is 3.01. The Kier molecular flexibility index (Phi) is 4.60. The molecule has 0 N–H and O–H groups in total. The van der Waals surface area contributed by atoms with Crippen molar-refractivity contribution in [1.82, 2.24) is 0 Å². The van der Waals surface area contributed by atoms with Crippen LogP contribution in [0.2, 0.25) is 0 Å². The highest BCUT2D eigenvalue weighted by Crippen LogP contribution is 2.34. The number of rotatable bonds is 2. The molecule has 1 saturated carbocycles. The molecule has 0 radical (unpaired) electrons. The average Bonchev–Trinajstić information content (AvgIpc) is 2.14. The number of hydrogen-bond donors (Lipinski definition) is 0. The van der Waals surface area contributed by atoms with Crippen LogP contribution in [0.4, 0.5) is 0 Å². The van der Waals surface area contributed by atoms with Gasteiger partial charge in [-0.3, -0.25) is 9.59 Å². The summed E-state index contributed by atoms with van der Waals surface area (Å²) in [6, 6.07) is 0. The van der Waals surface area contributed by atoms with E-state index in [-0.39, 0.29) is 21.7 Å². The summed E-state index contributed by atoms with van der Waals surface area (Å²) in [5, 5.41) is 0.243. The molecular formula is C13H22O2S. The number of ketones is 1. The van der Waals surface area contributed by atoms with Gasteiger partial charge in [0.2, 0.25) is 0 Å². The predicted molar refractivity (Wildman–Crippen MR) is 68.5 cm³/mol. The maximum Gasteiger partial charge on any atom is 0.192 e. The first-order valence-corrected chi connectivity index (χ1v) is 6.86. The fraction of sp³-hybridized carbons (Fsp3) is 0.846. The molecule has 0 amide bonds. The Morgan fingerprint density at radius 3 is 2.56 bits per heavy atom. The van der Waals surface area contributed by atoms with Crippen molar-refractivity contribution in [3.05, 3.63) is 0 Å². The van der Waals surface area contributed by atoms with E-state index in [1.165, 1.54) is 11.8 Å². The monoisotopic (exact) mass is 242 g/mol. The number of carbonyl (C=O) groups excluding carboxylic acids is 2. The van der Waals surface area contributed by atoms with Crippen molar-refractivity contribution >= 4 is 22.7 Å². The Morgan fingerprint density at radius 1 is 1.44 bits per heavy atom. The summed E-state index contributed by atoms with van der Waals surface area (Å²) in [7, 11) is 0. The lowest BCUT2D eigenvalue weighted by Crippen LogP contribution is -2.27. The van der Waals surface area contributed by atoms with Crippen LogP contribution in [-0.4, -0.2) is 15.6 Å². The van der Waals surface area contributed by atoms with Crippen molar-refractivity contribution in [2.45, 2.75) is 58.1 Å². The predicted octanol–water partition coefficient (Wildman–Crippen LogP) is 3.44. The van der Waals surface area contributed by atoms with Gasteiger partial charge in [0.05, 0.1) is 0 Å². The second-order valence-corrected chi connectivity index (χ2v) is 7.55. The molecular weight excluding hydrogens is 220 g/mol. The van der Waals surface area contributed by atoms with E-state index in [4.69, 9.17) is 0 Å². The van der Waals surface area contributed by atoms with Crippen molar-refractivity contribution < 1.29 is 9.59 Å². The van der Waals surface area contributed by atoms with Gasteiger partial charge in [-0.05, 0) is 18.8 Å². The summed E-state index contributed by atoms with van der Waals surface area (Å²) >= 11 is 1.41. The first kappa shape index (κ1) is 13.8. The van der Waals surface area contributed by atoms with Crippen LogP contribution in [0, 0.1) is 11.8 Å². The molecule has 1 aliphatic carbocycles. The van der Waals surface area contributed by atoms with Gasteiger partial charge >= 0.3 is 0 Å². The van der Waals surface area contributed by atoms with E-state index in [0.29, 0.717) is 18.6 Å². The highest BCUT2D eigenvalue weighted by Gasteiger charge is 2.30. The van der Waals surface area contributed by atoms with E-state index in [1.807, 2.05) is 27.7 Å². The molecule has 2 atom stereocenters. The summed E-state index contributed by atoms with van der Waals surface area (Å²) in [6.45, 7) is 8.13. The third-order valence-corrected chi connectivity index (χ3v) is 4.19. The van der Waals surface area contributed by atoms with Gasteiger partial charge in [0.25, 0.3) is 0 Å². The van der Waals surface area contributed by atoms with Gasteiger partial charge in [-0.1, -0.05) is 39.5 Å². The van der Waals surface area contributed by atoms with Gasteiger partial charge < -0.3 is 0 Å². The van der Waals surface area contributed by atoms with Crippen LogP contribution in [-0.2, 0) is 9.59 Å². The Hall–Kier alpha value is -0.310. The lowest BCUT2D eigenvalue weighted by Gasteiger charge is -2.27. The molecule has 16 heavy (non-hydrogen) atoms. The van der Waals surface area contributed by atoms with Crippen LogP contribution >= 0.6 is 11.8 Å². The highest BCUT2D eigenvalue weighted by atomic mass is 32.2. The molecule has 0 spiro atoms. The Morgan fingerprint density at radius 2 is 2.06 bits per heavy atom. The molecule has 2 unspecified atom stereocenters. The Labute approximate surface area is 103 Å². The number of carbonyl (C=O) groups is 2. The van der Waals surface area contributed by atoms with Gasteiger partial charge in [0, 0.05) is 23.5 Å². The topological polar surface area (TPSA) is 34.1 Å². The lowest BCUT2D eigenvalue weighted by molar-refractivity contribution is -0.123. The van der Waals surface area contributed by atoms with Crippen LogP contribution in [0.3, 0.4) is 0 Å². The van der Waals surface area contributed by atoms with Crippen molar-refractivity contribution in [2.24, 2.45) is 11.8 Å². The van der Waals surface area contributed by atoms with Gasteiger partial charge in [0.1, 0.15) is 5.78 Å². The first-order chi connectivity index (χ1) is 7.29. The SMILES string of the molecule is CC(C(=O)SC(C)(C)C)C1CCCC(=O)C1. The molecule has 0 aromatic rings. The maximum atomic E-state index is 12.0. The molecule has 1 rings (SSSR count). The molecule has 0 heterocycles. The largest absolute Gasteiger partial charge is 0.300 e. The van der Waals surface area contributed by atoms with E-state index in [0.717, 1.165) is 12.8 Å². The zero-order valence-electron chi connectivity index (χ0n) is 10.7. The Bertz CT molecular complexity index is 278. The summed E-state index contributed by atoms with van der Waals surface area (Å²) in [5.74, 6) is 0.633. The van der Waals surface area contributed by atoms with Gasteiger partial charge in [-0.15, -0.1) is 0 Å². The zero-order valence-corrected chi connectivity index (χ0v) is 11.5. The number of Topliss-reactive ketones (excluding diaryl/α,β-unsaturated/α-hetero) is 1. The molecule has 92 valence electrons. The normalized spacial score (nSPS) is 24.2. The summed E-state index contributed by atoms with van der Waals surface area (Å²) < 4.78 is -0.0238. The molecule has 1 aliphatic rings. The molecule has 0 aromatic heterocycles. The minimum absolute atomic E-state index is 0.0217. The molecule has 0 saturated heterocycles. The van der Waals surface area contributed by atoms with Gasteiger partial charge in [-0.25, -0.2) is 0 Å². The Balaban J connectivity index is 2.53. The quantitative estimate of drug-likeness (QED) is 0.744. The van der Waals surface area contributed by atoms with Crippen molar-refractivity contribution in [1.29, 1.82) is 0 Å². The average molecular weight is 242 g/mol. The minimum atomic E-state index is -0.0238. The smallest absolute Gasteiger partial charge is 0.192 e. The molecule has 0 aromatic carbocycles. The second kappa shape index (κ2) is 5.35. The highest BCUT2D eigenvalue weighted by molar-refractivity contribution is 8.14. The minimum Gasteiger partial charge on any atom is -0.300 e. The maximum absolute atomic E-state index is 12.0. The fourth-order valence-electron chi connectivity index (χ4n) is 2.07. The molecule has 3 heteroatoms. The van der Waals surface area contributed by atoms with E-state index in [9.17, 15) is 9.59 Å². The van der Waals surface area contributed by atoms with Gasteiger partial charge in [-0.2, -0.15) is 0 Å². The van der Waals surface area contributed by atoms with E-state index in [1.54, 1.807) is 0 Å². The van der Waals surface area contributed by atoms with Crippen molar-refractivity contribution in [2.75, 3.05) is 0 Å². The molecule has 2 nitrogen and oxygen atoms in total. The summed E-state index contributed by atoms with van der Waals surface area (Å²) in [6.07, 6.45) is 3.31. The first-order valence-electron chi connectivity index (χ1n) is 6.04. The standard InChI is InChI=1S/C13H22O2S/c1-9(12(15)16-13(2,3)4)10-6-5-7-11(14)8-10/h9-10H,5-8H2,1-4H3. The molecule has 0 aliphatic heterocycles. The van der Waals surface area contributed by atoms with Crippen LogP contribution in [0.5, 0.6) is 0 Å². The number of hydrogen-bond acceptors (Lipinski definition) is 3. The van der Waals surface area contributed by atoms with E-state index >= 15 is 0 Å². The van der Waals surface area contributed by atoms with Crippen LogP contribution < -0.4 is 0 Å². The second-order valence-electron chi connectivity index (χ2n) is 5.72. The summed E-state index contributed by atoms with van der Waals surface area (Å²) in [5.41, 5.74) is 0. The van der Waals surface area contributed by atoms with Crippen molar-refractivity contribution in [3.8, 4) is 0 Å². The molecule has 0 bridgehead atoms. The van der Waals surface area contributed by atoms with Crippen LogP contribution in [0.1, 0.15) is 53.4 Å². The zero-order chi connectivity index (χ0) is 12.3. The van der Waals surface area contributed by atoms with Crippen LogP contribution in [0.15, 0.2) is 0 Å².